The maximum atomic E-state index is 8.87. The van der Waals surface area contributed by atoms with E-state index in [9.17, 15) is 0 Å². The van der Waals surface area contributed by atoms with E-state index < -0.39 is 0 Å². The molecule has 78 valence electrons. The molecule has 1 aromatic rings. The molecule has 0 fully saturated rings. The van der Waals surface area contributed by atoms with Crippen molar-refractivity contribution in [1.82, 2.24) is 0 Å². The van der Waals surface area contributed by atoms with Crippen LogP contribution in [0.15, 0.2) is 18.2 Å². The van der Waals surface area contributed by atoms with Crippen LogP contribution in [-0.4, -0.2) is 24.8 Å². The first-order valence-electron chi connectivity index (χ1n) is 4.60. The lowest BCUT2D eigenvalue weighted by Crippen LogP contribution is -2.26. The summed E-state index contributed by atoms with van der Waals surface area (Å²) in [5.74, 6) is 0. The SMILES string of the molecule is CCN(CCO)c1ccc(N)cc1Cl. The molecule has 0 aliphatic carbocycles. The van der Waals surface area contributed by atoms with Crippen LogP contribution in [0.1, 0.15) is 6.92 Å². The number of hydrogen-bond acceptors (Lipinski definition) is 3. The minimum atomic E-state index is 0.120. The van der Waals surface area contributed by atoms with Crippen molar-refractivity contribution in [3.63, 3.8) is 0 Å². The van der Waals surface area contributed by atoms with Gasteiger partial charge in [-0.25, -0.2) is 0 Å². The highest BCUT2D eigenvalue weighted by atomic mass is 35.5. The standard InChI is InChI=1S/C10H15ClN2O/c1-2-13(5-6-14)10-4-3-8(12)7-9(10)11/h3-4,7,14H,2,5-6,12H2,1H3. The zero-order valence-corrected chi connectivity index (χ0v) is 8.96. The largest absolute Gasteiger partial charge is 0.399 e. The highest BCUT2D eigenvalue weighted by Gasteiger charge is 2.07. The van der Waals surface area contributed by atoms with Crippen LogP contribution in [0.4, 0.5) is 11.4 Å². The number of nitrogens with two attached hydrogens (primary N) is 1. The third kappa shape index (κ3) is 2.53. The van der Waals surface area contributed by atoms with Crippen LogP contribution in [0.3, 0.4) is 0 Å². The van der Waals surface area contributed by atoms with E-state index in [4.69, 9.17) is 22.4 Å². The molecule has 0 atom stereocenters. The minimum absolute atomic E-state index is 0.120. The molecule has 0 aliphatic heterocycles. The fraction of sp³-hybridized carbons (Fsp3) is 0.400. The molecule has 0 radical (unpaired) electrons. The summed E-state index contributed by atoms with van der Waals surface area (Å²) < 4.78 is 0. The molecular formula is C10H15ClN2O. The zero-order chi connectivity index (χ0) is 10.6. The molecule has 1 rings (SSSR count). The van der Waals surface area contributed by atoms with Crippen molar-refractivity contribution in [2.75, 3.05) is 30.3 Å². The smallest absolute Gasteiger partial charge is 0.0660 e. The van der Waals surface area contributed by atoms with Gasteiger partial charge in [0.25, 0.3) is 0 Å². The second kappa shape index (κ2) is 5.08. The predicted molar refractivity (Wildman–Crippen MR) is 60.8 cm³/mol. The fourth-order valence-corrected chi connectivity index (χ4v) is 1.66. The van der Waals surface area contributed by atoms with Crippen LogP contribution in [0.25, 0.3) is 0 Å². The topological polar surface area (TPSA) is 49.5 Å². The van der Waals surface area contributed by atoms with Crippen LogP contribution in [-0.2, 0) is 0 Å². The maximum Gasteiger partial charge on any atom is 0.0660 e. The Hall–Kier alpha value is -0.930. The third-order valence-corrected chi connectivity index (χ3v) is 2.37. The first kappa shape index (κ1) is 11.1. The average Bonchev–Trinajstić information content (AvgIpc) is 2.15. The van der Waals surface area contributed by atoms with E-state index in [2.05, 4.69) is 0 Å². The lowest BCUT2D eigenvalue weighted by Gasteiger charge is -2.23. The van der Waals surface area contributed by atoms with Crippen LogP contribution in [0, 0.1) is 0 Å². The van der Waals surface area contributed by atoms with Gasteiger partial charge in [0.1, 0.15) is 0 Å². The highest BCUT2D eigenvalue weighted by Crippen LogP contribution is 2.27. The van der Waals surface area contributed by atoms with Crippen molar-refractivity contribution in [1.29, 1.82) is 0 Å². The molecule has 0 saturated heterocycles. The average molecular weight is 215 g/mol. The predicted octanol–water partition coefficient (Wildman–Crippen LogP) is 1.74. The van der Waals surface area contributed by atoms with E-state index >= 15 is 0 Å². The lowest BCUT2D eigenvalue weighted by atomic mass is 10.2. The highest BCUT2D eigenvalue weighted by molar-refractivity contribution is 6.33. The first-order chi connectivity index (χ1) is 6.69. The van der Waals surface area contributed by atoms with Crippen molar-refractivity contribution in [3.8, 4) is 0 Å². The van der Waals surface area contributed by atoms with Crippen molar-refractivity contribution >= 4 is 23.0 Å². The molecule has 0 aromatic heterocycles. The Kier molecular flexibility index (Phi) is 4.04. The minimum Gasteiger partial charge on any atom is -0.399 e. The Morgan fingerprint density at radius 1 is 1.50 bits per heavy atom. The van der Waals surface area contributed by atoms with Crippen molar-refractivity contribution in [2.24, 2.45) is 0 Å². The van der Waals surface area contributed by atoms with Crippen molar-refractivity contribution in [2.45, 2.75) is 6.92 Å². The number of hydrogen-bond donors (Lipinski definition) is 2. The maximum absolute atomic E-state index is 8.87. The fourth-order valence-electron chi connectivity index (χ4n) is 1.35. The molecule has 14 heavy (non-hydrogen) atoms. The van der Waals surface area contributed by atoms with Crippen LogP contribution in [0.2, 0.25) is 5.02 Å². The van der Waals surface area contributed by atoms with Crippen molar-refractivity contribution < 1.29 is 5.11 Å². The van der Waals surface area contributed by atoms with Gasteiger partial charge in [0, 0.05) is 18.8 Å². The molecule has 0 amide bonds. The number of nitrogens with zero attached hydrogens (tertiary/aromatic N) is 1. The number of aliphatic hydroxyl groups is 1. The van der Waals surface area contributed by atoms with Gasteiger partial charge in [-0.3, -0.25) is 0 Å². The molecule has 3 N–H and O–H groups in total. The second-order valence-corrected chi connectivity index (χ2v) is 3.42. The van der Waals surface area contributed by atoms with Gasteiger partial charge in [-0.2, -0.15) is 0 Å². The quantitative estimate of drug-likeness (QED) is 0.751. The van der Waals surface area contributed by atoms with Gasteiger partial charge in [0.05, 0.1) is 17.3 Å². The molecule has 0 unspecified atom stereocenters. The summed E-state index contributed by atoms with van der Waals surface area (Å²) in [7, 11) is 0. The number of halogens is 1. The van der Waals surface area contributed by atoms with E-state index in [1.54, 1.807) is 12.1 Å². The van der Waals surface area contributed by atoms with Gasteiger partial charge in [-0.15, -0.1) is 0 Å². The number of benzene rings is 1. The molecule has 0 saturated carbocycles. The summed E-state index contributed by atoms with van der Waals surface area (Å²) in [6.07, 6.45) is 0. The zero-order valence-electron chi connectivity index (χ0n) is 8.20. The monoisotopic (exact) mass is 214 g/mol. The molecule has 4 heteroatoms. The molecule has 0 heterocycles. The van der Waals surface area contributed by atoms with Crippen LogP contribution >= 0.6 is 11.6 Å². The molecule has 1 aromatic carbocycles. The molecule has 3 nitrogen and oxygen atoms in total. The lowest BCUT2D eigenvalue weighted by molar-refractivity contribution is 0.302. The Morgan fingerprint density at radius 3 is 2.71 bits per heavy atom. The summed E-state index contributed by atoms with van der Waals surface area (Å²) in [5, 5.41) is 9.49. The first-order valence-corrected chi connectivity index (χ1v) is 4.97. The number of likely N-dealkylation sites (N-methyl/N-ethyl adjacent to an activating group) is 1. The van der Waals surface area contributed by atoms with Gasteiger partial charge in [-0.05, 0) is 25.1 Å². The molecule has 0 bridgehead atoms. The van der Waals surface area contributed by atoms with Gasteiger partial charge in [-0.1, -0.05) is 11.6 Å². The Bertz CT molecular complexity index is 304. The summed E-state index contributed by atoms with van der Waals surface area (Å²) in [6, 6.07) is 5.40. The number of nitrogen functional groups attached to an aromatic ring is 1. The summed E-state index contributed by atoms with van der Waals surface area (Å²) in [4.78, 5) is 2.00. The molecular weight excluding hydrogens is 200 g/mol. The van der Waals surface area contributed by atoms with E-state index in [0.717, 1.165) is 12.2 Å². The number of rotatable bonds is 4. The molecule has 0 aliphatic rings. The summed E-state index contributed by atoms with van der Waals surface area (Å²) in [6.45, 7) is 3.53. The number of anilines is 2. The summed E-state index contributed by atoms with van der Waals surface area (Å²) in [5.41, 5.74) is 7.16. The molecule has 0 spiro atoms. The third-order valence-electron chi connectivity index (χ3n) is 2.06. The van der Waals surface area contributed by atoms with E-state index in [1.165, 1.54) is 0 Å². The van der Waals surface area contributed by atoms with E-state index in [0.29, 0.717) is 17.3 Å². The Balaban J connectivity index is 2.92. The van der Waals surface area contributed by atoms with E-state index in [-0.39, 0.29) is 6.61 Å². The van der Waals surface area contributed by atoms with Gasteiger partial charge >= 0.3 is 0 Å². The van der Waals surface area contributed by atoms with Crippen LogP contribution < -0.4 is 10.6 Å². The van der Waals surface area contributed by atoms with Crippen LogP contribution in [0.5, 0.6) is 0 Å². The Morgan fingerprint density at radius 2 is 2.21 bits per heavy atom. The van der Waals surface area contributed by atoms with E-state index in [1.807, 2.05) is 17.9 Å². The summed E-state index contributed by atoms with van der Waals surface area (Å²) >= 11 is 6.04. The van der Waals surface area contributed by atoms with Crippen molar-refractivity contribution in [3.05, 3.63) is 23.2 Å². The number of aliphatic hydroxyl groups excluding tert-OH is 1. The van der Waals surface area contributed by atoms with Gasteiger partial charge in [0.2, 0.25) is 0 Å². The normalized spacial score (nSPS) is 10.2. The van der Waals surface area contributed by atoms with Gasteiger partial charge in [0.15, 0.2) is 0 Å². The second-order valence-electron chi connectivity index (χ2n) is 3.01. The Labute approximate surface area is 89.1 Å². The van der Waals surface area contributed by atoms with Gasteiger partial charge < -0.3 is 15.7 Å².